The molecular weight excluding hydrogens is 283 g/mol. The Hall–Kier alpha value is -2.69. The Balaban J connectivity index is 2.11. The molecule has 2 amide bonds. The highest BCUT2D eigenvalue weighted by Gasteiger charge is 2.10. The number of nitrogens with one attached hydrogen (secondary N) is 2. The summed E-state index contributed by atoms with van der Waals surface area (Å²) in [5.41, 5.74) is 1.12. The number of amides is 2. The number of benzene rings is 2. The number of carbonyl (C=O) groups is 2. The van der Waals surface area contributed by atoms with Crippen LogP contribution in [0.4, 0.5) is 10.1 Å². The summed E-state index contributed by atoms with van der Waals surface area (Å²) in [5, 5.41) is 5.35. The van der Waals surface area contributed by atoms with Gasteiger partial charge in [-0.3, -0.25) is 9.59 Å². The molecule has 5 heteroatoms. The molecule has 0 aliphatic carbocycles. The van der Waals surface area contributed by atoms with Gasteiger partial charge in [0.15, 0.2) is 0 Å². The van der Waals surface area contributed by atoms with E-state index in [0.717, 1.165) is 6.42 Å². The molecule has 2 aromatic rings. The van der Waals surface area contributed by atoms with Crippen molar-refractivity contribution in [1.82, 2.24) is 5.32 Å². The molecule has 0 aliphatic heterocycles. The Bertz CT molecular complexity index is 686. The second-order valence-electron chi connectivity index (χ2n) is 4.80. The first-order valence-corrected chi connectivity index (χ1v) is 7.05. The molecule has 0 spiro atoms. The molecular formula is C17H17FN2O2. The van der Waals surface area contributed by atoms with E-state index < -0.39 is 11.7 Å². The van der Waals surface area contributed by atoms with Crippen molar-refractivity contribution in [1.29, 1.82) is 0 Å². The number of rotatable bonds is 5. The molecule has 2 rings (SSSR count). The van der Waals surface area contributed by atoms with Crippen LogP contribution < -0.4 is 10.6 Å². The molecule has 0 unspecified atom stereocenters. The maximum absolute atomic E-state index is 13.1. The Morgan fingerprint density at radius 1 is 1.00 bits per heavy atom. The maximum Gasteiger partial charge on any atom is 0.255 e. The van der Waals surface area contributed by atoms with E-state index in [9.17, 15) is 14.0 Å². The summed E-state index contributed by atoms with van der Waals surface area (Å²) < 4.78 is 13.1. The Morgan fingerprint density at radius 3 is 2.36 bits per heavy atom. The molecule has 22 heavy (non-hydrogen) atoms. The number of halogens is 1. The van der Waals surface area contributed by atoms with Gasteiger partial charge in [0, 0.05) is 23.4 Å². The van der Waals surface area contributed by atoms with Crippen molar-refractivity contribution in [2.24, 2.45) is 0 Å². The minimum atomic E-state index is -0.425. The van der Waals surface area contributed by atoms with Gasteiger partial charge in [0.25, 0.3) is 11.8 Å². The van der Waals surface area contributed by atoms with E-state index >= 15 is 0 Å². The van der Waals surface area contributed by atoms with Crippen LogP contribution in [0.3, 0.4) is 0 Å². The fraction of sp³-hybridized carbons (Fsp3) is 0.176. The Morgan fingerprint density at radius 2 is 1.68 bits per heavy atom. The largest absolute Gasteiger partial charge is 0.352 e. The average Bonchev–Trinajstić information content (AvgIpc) is 2.52. The summed E-state index contributed by atoms with van der Waals surface area (Å²) in [7, 11) is 0. The summed E-state index contributed by atoms with van der Waals surface area (Å²) in [5.74, 6) is -1.04. The molecule has 0 heterocycles. The molecule has 0 radical (unpaired) electrons. The SMILES string of the molecule is CCCNC(=O)c1cccc(C(=O)Nc2cccc(F)c2)c1. The lowest BCUT2D eigenvalue weighted by Gasteiger charge is -2.07. The second kappa shape index (κ2) is 7.36. The van der Waals surface area contributed by atoms with Crippen molar-refractivity contribution in [2.75, 3.05) is 11.9 Å². The Labute approximate surface area is 128 Å². The van der Waals surface area contributed by atoms with Crippen molar-refractivity contribution in [2.45, 2.75) is 13.3 Å². The highest BCUT2D eigenvalue weighted by Crippen LogP contribution is 2.12. The minimum absolute atomic E-state index is 0.220. The first-order chi connectivity index (χ1) is 10.6. The second-order valence-corrected chi connectivity index (χ2v) is 4.80. The average molecular weight is 300 g/mol. The van der Waals surface area contributed by atoms with Gasteiger partial charge in [-0.15, -0.1) is 0 Å². The molecule has 0 saturated carbocycles. The van der Waals surface area contributed by atoms with Crippen molar-refractivity contribution < 1.29 is 14.0 Å². The molecule has 0 saturated heterocycles. The van der Waals surface area contributed by atoms with Gasteiger partial charge >= 0.3 is 0 Å². The third kappa shape index (κ3) is 4.15. The van der Waals surface area contributed by atoms with E-state index in [0.29, 0.717) is 23.4 Å². The zero-order valence-electron chi connectivity index (χ0n) is 12.2. The van der Waals surface area contributed by atoms with Gasteiger partial charge in [0.2, 0.25) is 0 Å². The van der Waals surface area contributed by atoms with Gasteiger partial charge in [0.05, 0.1) is 0 Å². The van der Waals surface area contributed by atoms with Gasteiger partial charge in [-0.05, 0) is 42.8 Å². The zero-order valence-corrected chi connectivity index (χ0v) is 12.2. The summed E-state index contributed by atoms with van der Waals surface area (Å²) in [6, 6.07) is 12.0. The number of hydrogen-bond acceptors (Lipinski definition) is 2. The van der Waals surface area contributed by atoms with Gasteiger partial charge in [-0.1, -0.05) is 19.1 Å². The van der Waals surface area contributed by atoms with Crippen LogP contribution in [-0.4, -0.2) is 18.4 Å². The van der Waals surface area contributed by atoms with Crippen LogP contribution in [0.1, 0.15) is 34.1 Å². The van der Waals surface area contributed by atoms with Gasteiger partial charge in [-0.2, -0.15) is 0 Å². The summed E-state index contributed by atoms with van der Waals surface area (Å²) in [6.45, 7) is 2.54. The quantitative estimate of drug-likeness (QED) is 0.890. The number of hydrogen-bond donors (Lipinski definition) is 2. The van der Waals surface area contributed by atoms with Crippen molar-refractivity contribution >= 4 is 17.5 Å². The molecule has 0 aromatic heterocycles. The van der Waals surface area contributed by atoms with E-state index in [1.165, 1.54) is 24.3 Å². The summed E-state index contributed by atoms with van der Waals surface area (Å²) in [6.07, 6.45) is 0.839. The monoisotopic (exact) mass is 300 g/mol. The Kier molecular flexibility index (Phi) is 5.25. The first kappa shape index (κ1) is 15.7. The smallest absolute Gasteiger partial charge is 0.255 e. The molecule has 4 nitrogen and oxygen atoms in total. The maximum atomic E-state index is 13.1. The van der Waals surface area contributed by atoms with Crippen LogP contribution in [0.2, 0.25) is 0 Å². The van der Waals surface area contributed by atoms with Crippen LogP contribution in [0.15, 0.2) is 48.5 Å². The third-order valence-corrected chi connectivity index (χ3v) is 3.00. The van der Waals surface area contributed by atoms with Crippen molar-refractivity contribution in [3.8, 4) is 0 Å². The lowest BCUT2D eigenvalue weighted by Crippen LogP contribution is -2.24. The summed E-state index contributed by atoms with van der Waals surface area (Å²) in [4.78, 5) is 24.0. The lowest BCUT2D eigenvalue weighted by atomic mass is 10.1. The topological polar surface area (TPSA) is 58.2 Å². The van der Waals surface area contributed by atoms with Crippen LogP contribution in [0, 0.1) is 5.82 Å². The normalized spacial score (nSPS) is 10.1. The fourth-order valence-electron chi connectivity index (χ4n) is 1.91. The molecule has 114 valence electrons. The molecule has 2 aromatic carbocycles. The van der Waals surface area contributed by atoms with E-state index in [1.54, 1.807) is 24.3 Å². The van der Waals surface area contributed by atoms with Crippen molar-refractivity contribution in [3.05, 3.63) is 65.5 Å². The van der Waals surface area contributed by atoms with Gasteiger partial charge in [0.1, 0.15) is 5.82 Å². The van der Waals surface area contributed by atoms with E-state index in [1.807, 2.05) is 6.92 Å². The lowest BCUT2D eigenvalue weighted by molar-refractivity contribution is 0.0953. The molecule has 0 bridgehead atoms. The van der Waals surface area contributed by atoms with E-state index in [4.69, 9.17) is 0 Å². The van der Waals surface area contributed by atoms with Crippen LogP contribution in [-0.2, 0) is 0 Å². The molecule has 2 N–H and O–H groups in total. The third-order valence-electron chi connectivity index (χ3n) is 3.00. The predicted octanol–water partition coefficient (Wildman–Crippen LogP) is 3.22. The van der Waals surface area contributed by atoms with E-state index in [2.05, 4.69) is 10.6 Å². The molecule has 0 atom stereocenters. The van der Waals surface area contributed by atoms with E-state index in [-0.39, 0.29) is 5.91 Å². The predicted molar refractivity (Wildman–Crippen MR) is 83.4 cm³/mol. The van der Waals surface area contributed by atoms with Gasteiger partial charge in [-0.25, -0.2) is 4.39 Å². The number of anilines is 1. The fourth-order valence-corrected chi connectivity index (χ4v) is 1.91. The number of carbonyl (C=O) groups excluding carboxylic acids is 2. The van der Waals surface area contributed by atoms with Crippen LogP contribution >= 0.6 is 0 Å². The highest BCUT2D eigenvalue weighted by molar-refractivity contribution is 6.06. The summed E-state index contributed by atoms with van der Waals surface area (Å²) >= 11 is 0. The molecule has 0 fully saturated rings. The minimum Gasteiger partial charge on any atom is -0.352 e. The van der Waals surface area contributed by atoms with Crippen molar-refractivity contribution in [3.63, 3.8) is 0 Å². The standard InChI is InChI=1S/C17H17FN2O2/c1-2-9-19-16(21)12-5-3-6-13(10-12)17(22)20-15-8-4-7-14(18)11-15/h3-8,10-11H,2,9H2,1H3,(H,19,21)(H,20,22). The zero-order chi connectivity index (χ0) is 15.9. The van der Waals surface area contributed by atoms with Gasteiger partial charge < -0.3 is 10.6 Å². The highest BCUT2D eigenvalue weighted by atomic mass is 19.1. The van der Waals surface area contributed by atoms with Crippen LogP contribution in [0.5, 0.6) is 0 Å². The van der Waals surface area contributed by atoms with Crippen LogP contribution in [0.25, 0.3) is 0 Å². The first-order valence-electron chi connectivity index (χ1n) is 7.05. The molecule has 0 aliphatic rings.